The first-order chi connectivity index (χ1) is 14.8. The van der Waals surface area contributed by atoms with Gasteiger partial charge in [-0.15, -0.1) is 0 Å². The van der Waals surface area contributed by atoms with Gasteiger partial charge in [-0.1, -0.05) is 34.1 Å². The van der Waals surface area contributed by atoms with E-state index in [1.807, 2.05) is 13.8 Å². The lowest BCUT2D eigenvalue weighted by Gasteiger charge is -2.31. The monoisotopic (exact) mass is 454 g/mol. The van der Waals surface area contributed by atoms with Gasteiger partial charge in [-0.25, -0.2) is 0 Å². The molecule has 0 saturated carbocycles. The van der Waals surface area contributed by atoms with Crippen molar-refractivity contribution in [1.29, 1.82) is 0 Å². The molecular weight excluding hydrogens is 420 g/mol. The number of nitrogens with one attached hydrogen (secondary N) is 4. The predicted molar refractivity (Wildman–Crippen MR) is 114 cm³/mol. The second-order valence-electron chi connectivity index (χ2n) is 8.53. The van der Waals surface area contributed by atoms with Gasteiger partial charge < -0.3 is 32.7 Å². The molecule has 1 aliphatic heterocycles. The molecule has 1 saturated heterocycles. The second kappa shape index (κ2) is 12.0. The van der Waals surface area contributed by atoms with Gasteiger partial charge in [-0.2, -0.15) is 0 Å². The average Bonchev–Trinajstić information content (AvgIpc) is 2.67. The van der Waals surface area contributed by atoms with Crippen LogP contribution in [0.5, 0.6) is 0 Å². The molecule has 0 bridgehead atoms. The number of hydrogen-bond acceptors (Lipinski definition) is 6. The molecule has 0 aromatic rings. The smallest absolute Gasteiger partial charge is 0.243 e. The highest BCUT2D eigenvalue weighted by Crippen LogP contribution is 2.12. The van der Waals surface area contributed by atoms with Crippen LogP contribution in [0.4, 0.5) is 0 Å². The molecule has 1 rings (SSSR count). The summed E-state index contributed by atoms with van der Waals surface area (Å²) in [6.07, 6.45) is -0.276. The van der Waals surface area contributed by atoms with Crippen molar-refractivity contribution >= 4 is 35.4 Å². The number of nitrogens with two attached hydrogens (primary N) is 2. The van der Waals surface area contributed by atoms with Gasteiger partial charge in [0, 0.05) is 0 Å². The molecule has 0 aromatic heterocycles. The number of primary amides is 2. The van der Waals surface area contributed by atoms with Gasteiger partial charge in [0.2, 0.25) is 35.4 Å². The van der Waals surface area contributed by atoms with Crippen LogP contribution in [-0.2, 0) is 28.8 Å². The third-order valence-corrected chi connectivity index (χ3v) is 5.21. The van der Waals surface area contributed by atoms with Gasteiger partial charge >= 0.3 is 0 Å². The van der Waals surface area contributed by atoms with E-state index in [-0.39, 0.29) is 18.3 Å². The molecular formula is C20H34N6O6. The van der Waals surface area contributed by atoms with Crippen molar-refractivity contribution in [3.8, 4) is 0 Å². The summed E-state index contributed by atoms with van der Waals surface area (Å²) in [6.45, 7) is 7.15. The zero-order valence-corrected chi connectivity index (χ0v) is 18.9. The summed E-state index contributed by atoms with van der Waals surface area (Å²) in [6, 6.07) is -4.82. The summed E-state index contributed by atoms with van der Waals surface area (Å²) >= 11 is 0. The van der Waals surface area contributed by atoms with E-state index in [2.05, 4.69) is 21.3 Å². The summed E-state index contributed by atoms with van der Waals surface area (Å²) in [7, 11) is 0. The Bertz CT molecular complexity index is 741. The Balaban J connectivity index is 3.41. The summed E-state index contributed by atoms with van der Waals surface area (Å²) in [4.78, 5) is 74.5. The van der Waals surface area contributed by atoms with Gasteiger partial charge in [-0.05, 0) is 18.3 Å². The first kappa shape index (κ1) is 26.9. The third kappa shape index (κ3) is 8.16. The normalized spacial score (nSPS) is 26.0. The van der Waals surface area contributed by atoms with E-state index in [4.69, 9.17) is 11.5 Å². The van der Waals surface area contributed by atoms with Crippen LogP contribution in [0.1, 0.15) is 53.4 Å². The molecule has 1 fully saturated rings. The van der Waals surface area contributed by atoms with Crippen LogP contribution in [0.2, 0.25) is 0 Å². The van der Waals surface area contributed by atoms with Gasteiger partial charge in [0.05, 0.1) is 12.8 Å². The van der Waals surface area contributed by atoms with Crippen molar-refractivity contribution in [1.82, 2.24) is 21.3 Å². The Hall–Kier alpha value is -3.18. The van der Waals surface area contributed by atoms with Gasteiger partial charge in [0.25, 0.3) is 0 Å². The van der Waals surface area contributed by atoms with Crippen molar-refractivity contribution in [3.05, 3.63) is 0 Å². The summed E-state index contributed by atoms with van der Waals surface area (Å²) < 4.78 is 0. The molecule has 6 amide bonds. The Morgan fingerprint density at radius 2 is 1.16 bits per heavy atom. The quantitative estimate of drug-likeness (QED) is 0.240. The molecule has 0 aliphatic carbocycles. The molecule has 0 radical (unpaired) electrons. The van der Waals surface area contributed by atoms with Crippen molar-refractivity contribution in [2.45, 2.75) is 77.5 Å². The van der Waals surface area contributed by atoms with Crippen molar-refractivity contribution in [2.24, 2.45) is 23.3 Å². The van der Waals surface area contributed by atoms with Gasteiger partial charge in [0.1, 0.15) is 24.2 Å². The first-order valence-corrected chi connectivity index (χ1v) is 10.6. The minimum Gasteiger partial charge on any atom is -0.370 e. The topological polar surface area (TPSA) is 203 Å². The molecule has 1 aliphatic rings. The fourth-order valence-corrected chi connectivity index (χ4v) is 3.29. The van der Waals surface area contributed by atoms with E-state index in [0.717, 1.165) is 0 Å². The van der Waals surface area contributed by atoms with E-state index in [0.29, 0.717) is 6.42 Å². The Morgan fingerprint density at radius 1 is 0.750 bits per heavy atom. The first-order valence-electron chi connectivity index (χ1n) is 10.6. The summed E-state index contributed by atoms with van der Waals surface area (Å²) in [5.74, 6) is -4.96. The molecule has 0 spiro atoms. The van der Waals surface area contributed by atoms with E-state index in [9.17, 15) is 28.8 Å². The predicted octanol–water partition coefficient (Wildman–Crippen LogP) is -2.22. The van der Waals surface area contributed by atoms with E-state index >= 15 is 0 Å². The van der Waals surface area contributed by atoms with Crippen LogP contribution in [0.3, 0.4) is 0 Å². The summed E-state index contributed by atoms with van der Waals surface area (Å²) in [5.41, 5.74) is 10.5. The molecule has 0 aromatic carbocycles. The Labute approximate surface area is 187 Å². The fourth-order valence-electron chi connectivity index (χ4n) is 3.29. The molecule has 12 nitrogen and oxygen atoms in total. The molecule has 1 heterocycles. The highest BCUT2D eigenvalue weighted by Gasteiger charge is 2.36. The van der Waals surface area contributed by atoms with Crippen LogP contribution in [0.15, 0.2) is 0 Å². The minimum atomic E-state index is -1.33. The Morgan fingerprint density at radius 3 is 1.59 bits per heavy atom. The highest BCUT2D eigenvalue weighted by atomic mass is 16.2. The molecule has 1 unspecified atom stereocenters. The van der Waals surface area contributed by atoms with Crippen LogP contribution >= 0.6 is 0 Å². The average molecular weight is 455 g/mol. The summed E-state index contributed by atoms with van der Waals surface area (Å²) in [5, 5.41) is 9.96. The van der Waals surface area contributed by atoms with Crippen LogP contribution < -0.4 is 32.7 Å². The standard InChI is InChI=1S/C20H34N6O6/c1-5-10(4)16-20(32)25-12(7-14(21)27)18(30)23-11(6-9(2)3)17(29)24-13(8-15(22)28)19(31)26-16/h9-13,16H,5-8H2,1-4H3,(H2,21,27)(H2,22,28)(H,23,30)(H,24,29)(H,25,32)(H,26,31)/t10?,11-,12-,13-,16-/m0/s1. The van der Waals surface area contributed by atoms with E-state index < -0.39 is 72.5 Å². The lowest BCUT2D eigenvalue weighted by atomic mass is 9.96. The number of hydrogen-bond donors (Lipinski definition) is 6. The zero-order chi connectivity index (χ0) is 24.6. The Kier molecular flexibility index (Phi) is 10.1. The maximum absolute atomic E-state index is 12.9. The van der Waals surface area contributed by atoms with E-state index in [1.165, 1.54) is 0 Å². The number of carbonyl (C=O) groups is 6. The SMILES string of the molecule is CCC(C)[C@@H]1NC(=O)[C@H](CC(N)=O)NC(=O)[C@H](CC(C)C)NC(=O)[C@H](CC(N)=O)NC1=O. The molecule has 8 N–H and O–H groups in total. The lowest BCUT2D eigenvalue weighted by molar-refractivity contribution is -0.138. The van der Waals surface area contributed by atoms with Crippen molar-refractivity contribution < 1.29 is 28.8 Å². The number of rotatable bonds is 8. The largest absolute Gasteiger partial charge is 0.370 e. The van der Waals surface area contributed by atoms with E-state index in [1.54, 1.807) is 13.8 Å². The van der Waals surface area contributed by atoms with Gasteiger partial charge in [-0.3, -0.25) is 28.8 Å². The minimum absolute atomic E-state index is 0.0265. The molecule has 12 heteroatoms. The highest BCUT2D eigenvalue weighted by molar-refractivity contribution is 5.99. The number of amides is 6. The lowest BCUT2D eigenvalue weighted by Crippen LogP contribution is -2.63. The van der Waals surface area contributed by atoms with Crippen LogP contribution in [-0.4, -0.2) is 59.6 Å². The molecule has 180 valence electrons. The zero-order valence-electron chi connectivity index (χ0n) is 18.9. The van der Waals surface area contributed by atoms with Crippen molar-refractivity contribution in [2.75, 3.05) is 0 Å². The fraction of sp³-hybridized carbons (Fsp3) is 0.700. The van der Waals surface area contributed by atoms with Gasteiger partial charge in [0.15, 0.2) is 0 Å². The number of carbonyl (C=O) groups excluding carboxylic acids is 6. The third-order valence-electron chi connectivity index (χ3n) is 5.21. The van der Waals surface area contributed by atoms with Crippen molar-refractivity contribution in [3.63, 3.8) is 0 Å². The maximum Gasteiger partial charge on any atom is 0.243 e. The maximum atomic E-state index is 12.9. The van der Waals surface area contributed by atoms with Crippen LogP contribution in [0.25, 0.3) is 0 Å². The molecule has 5 atom stereocenters. The second-order valence-corrected chi connectivity index (χ2v) is 8.53. The molecule has 32 heavy (non-hydrogen) atoms. The van der Waals surface area contributed by atoms with Crippen LogP contribution in [0, 0.1) is 11.8 Å².